The zero-order valence-corrected chi connectivity index (χ0v) is 12.6. The van der Waals surface area contributed by atoms with Crippen LogP contribution in [0.3, 0.4) is 0 Å². The summed E-state index contributed by atoms with van der Waals surface area (Å²) in [6, 6.07) is 18.3. The highest BCUT2D eigenvalue weighted by molar-refractivity contribution is 5.91. The number of nitrogens with one attached hydrogen (secondary N) is 1. The number of methoxy groups -OCH3 is 1. The highest BCUT2D eigenvalue weighted by atomic mass is 16.5. The predicted octanol–water partition coefficient (Wildman–Crippen LogP) is 4.44. The van der Waals surface area contributed by atoms with Crippen LogP contribution in [0.25, 0.3) is 22.3 Å². The average Bonchev–Trinajstić information content (AvgIpc) is 3.04. The second kappa shape index (κ2) is 5.90. The molecule has 22 heavy (non-hydrogen) atoms. The molecule has 0 saturated heterocycles. The first-order valence-electron chi connectivity index (χ1n) is 7.13. The fraction of sp³-hybridized carbons (Fsp3) is 0.105. The maximum absolute atomic E-state index is 11.6. The number of carbonyl (C=O) groups excluding carboxylic acids is 1. The zero-order valence-electron chi connectivity index (χ0n) is 12.6. The standard InChI is InChI=1S/C19H17NO2/c1-13-7-3-4-8-15(13)17-10-6-5-9-16(17)14-11-18(20-12-14)19(21)22-2/h3-12,20H,1-2H3. The summed E-state index contributed by atoms with van der Waals surface area (Å²) in [5, 5.41) is 0. The lowest BCUT2D eigenvalue weighted by Crippen LogP contribution is -2.00. The molecule has 3 heteroatoms. The Morgan fingerprint density at radius 1 is 0.955 bits per heavy atom. The van der Waals surface area contributed by atoms with Crippen molar-refractivity contribution in [2.24, 2.45) is 0 Å². The molecule has 1 heterocycles. The largest absolute Gasteiger partial charge is 0.464 e. The number of carbonyl (C=O) groups is 1. The van der Waals surface area contributed by atoms with Gasteiger partial charge >= 0.3 is 5.97 Å². The maximum Gasteiger partial charge on any atom is 0.354 e. The fourth-order valence-electron chi connectivity index (χ4n) is 2.62. The van der Waals surface area contributed by atoms with Crippen molar-refractivity contribution >= 4 is 5.97 Å². The molecular weight excluding hydrogens is 274 g/mol. The van der Waals surface area contributed by atoms with Crippen LogP contribution < -0.4 is 0 Å². The van der Waals surface area contributed by atoms with Crippen molar-refractivity contribution in [1.29, 1.82) is 0 Å². The van der Waals surface area contributed by atoms with E-state index in [1.165, 1.54) is 18.2 Å². The highest BCUT2D eigenvalue weighted by Gasteiger charge is 2.13. The van der Waals surface area contributed by atoms with Crippen molar-refractivity contribution < 1.29 is 9.53 Å². The van der Waals surface area contributed by atoms with Gasteiger partial charge in [-0.25, -0.2) is 4.79 Å². The molecule has 3 nitrogen and oxygen atoms in total. The van der Waals surface area contributed by atoms with Crippen LogP contribution in [0.5, 0.6) is 0 Å². The molecule has 0 radical (unpaired) electrons. The Morgan fingerprint density at radius 3 is 2.27 bits per heavy atom. The Hall–Kier alpha value is -2.81. The second-order valence-corrected chi connectivity index (χ2v) is 5.15. The van der Waals surface area contributed by atoms with E-state index in [4.69, 9.17) is 4.74 Å². The molecule has 0 spiro atoms. The lowest BCUT2D eigenvalue weighted by molar-refractivity contribution is 0.0595. The van der Waals surface area contributed by atoms with Crippen molar-refractivity contribution in [3.8, 4) is 22.3 Å². The van der Waals surface area contributed by atoms with Gasteiger partial charge in [-0.15, -0.1) is 0 Å². The summed E-state index contributed by atoms with van der Waals surface area (Å²) in [6.45, 7) is 2.10. The van der Waals surface area contributed by atoms with Gasteiger partial charge in [0.15, 0.2) is 0 Å². The molecule has 1 N–H and O–H groups in total. The van der Waals surface area contributed by atoms with Gasteiger partial charge in [0.1, 0.15) is 5.69 Å². The van der Waals surface area contributed by atoms with Crippen LogP contribution >= 0.6 is 0 Å². The molecule has 2 aromatic carbocycles. The van der Waals surface area contributed by atoms with Crippen molar-refractivity contribution in [3.05, 3.63) is 72.1 Å². The first kappa shape index (κ1) is 14.1. The maximum atomic E-state index is 11.6. The van der Waals surface area contributed by atoms with E-state index >= 15 is 0 Å². The van der Waals surface area contributed by atoms with Crippen molar-refractivity contribution in [3.63, 3.8) is 0 Å². The van der Waals surface area contributed by atoms with Crippen molar-refractivity contribution in [1.82, 2.24) is 4.98 Å². The normalized spacial score (nSPS) is 10.5. The number of aromatic nitrogens is 1. The van der Waals surface area contributed by atoms with Gasteiger partial charge in [-0.1, -0.05) is 48.5 Å². The Kier molecular flexibility index (Phi) is 3.79. The summed E-state index contributed by atoms with van der Waals surface area (Å²) in [5.74, 6) is -0.361. The van der Waals surface area contributed by atoms with E-state index in [1.54, 1.807) is 0 Å². The molecule has 0 unspecified atom stereocenters. The van der Waals surface area contributed by atoms with E-state index < -0.39 is 0 Å². The number of H-pyrrole nitrogens is 1. The van der Waals surface area contributed by atoms with Gasteiger partial charge in [0.2, 0.25) is 0 Å². The lowest BCUT2D eigenvalue weighted by Gasteiger charge is -2.11. The summed E-state index contributed by atoms with van der Waals surface area (Å²) >= 11 is 0. The molecule has 0 atom stereocenters. The molecule has 0 aliphatic rings. The summed E-state index contributed by atoms with van der Waals surface area (Å²) in [6.07, 6.45) is 1.84. The average molecular weight is 291 g/mol. The SMILES string of the molecule is COC(=O)c1cc(-c2ccccc2-c2ccccc2C)c[nH]1. The first-order valence-corrected chi connectivity index (χ1v) is 7.13. The van der Waals surface area contributed by atoms with Crippen LogP contribution in [0.1, 0.15) is 16.1 Å². The molecule has 1 aromatic heterocycles. The van der Waals surface area contributed by atoms with E-state index in [0.29, 0.717) is 5.69 Å². The van der Waals surface area contributed by atoms with Gasteiger partial charge in [0.25, 0.3) is 0 Å². The second-order valence-electron chi connectivity index (χ2n) is 5.15. The number of hydrogen-bond acceptors (Lipinski definition) is 2. The third kappa shape index (κ3) is 2.53. The number of ether oxygens (including phenoxy) is 1. The van der Waals surface area contributed by atoms with Crippen LogP contribution in [0.15, 0.2) is 60.8 Å². The van der Waals surface area contributed by atoms with Gasteiger partial charge < -0.3 is 9.72 Å². The van der Waals surface area contributed by atoms with E-state index in [9.17, 15) is 4.79 Å². The predicted molar refractivity (Wildman–Crippen MR) is 87.7 cm³/mol. The quantitative estimate of drug-likeness (QED) is 0.725. The minimum atomic E-state index is -0.361. The molecule has 0 amide bonds. The highest BCUT2D eigenvalue weighted by Crippen LogP contribution is 2.33. The van der Waals surface area contributed by atoms with Crippen LogP contribution in [-0.2, 0) is 4.74 Å². The van der Waals surface area contributed by atoms with Crippen molar-refractivity contribution in [2.75, 3.05) is 7.11 Å². The molecule has 3 aromatic rings. The number of esters is 1. The number of aromatic amines is 1. The molecule has 0 bridgehead atoms. The van der Waals surface area contributed by atoms with E-state index in [-0.39, 0.29) is 5.97 Å². The van der Waals surface area contributed by atoms with Crippen LogP contribution in [0.4, 0.5) is 0 Å². The smallest absolute Gasteiger partial charge is 0.354 e. The molecule has 0 fully saturated rings. The monoisotopic (exact) mass is 291 g/mol. The van der Waals surface area contributed by atoms with Crippen LogP contribution in [0, 0.1) is 6.92 Å². The molecular formula is C19H17NO2. The fourth-order valence-corrected chi connectivity index (χ4v) is 2.62. The van der Waals surface area contributed by atoms with Gasteiger partial charge in [0, 0.05) is 11.8 Å². The summed E-state index contributed by atoms with van der Waals surface area (Å²) < 4.78 is 4.75. The Bertz CT molecular complexity index is 818. The Morgan fingerprint density at radius 2 is 1.59 bits per heavy atom. The van der Waals surface area contributed by atoms with Gasteiger partial charge in [-0.2, -0.15) is 0 Å². The summed E-state index contributed by atoms with van der Waals surface area (Å²) in [4.78, 5) is 14.6. The van der Waals surface area contributed by atoms with Crippen LogP contribution in [-0.4, -0.2) is 18.1 Å². The van der Waals surface area contributed by atoms with Gasteiger partial charge in [-0.05, 0) is 35.2 Å². The summed E-state index contributed by atoms with van der Waals surface area (Å²) in [5.41, 5.74) is 6.08. The third-order valence-electron chi connectivity index (χ3n) is 3.76. The number of benzene rings is 2. The molecule has 3 rings (SSSR count). The van der Waals surface area contributed by atoms with E-state index in [0.717, 1.165) is 16.7 Å². The Labute approximate surface area is 129 Å². The molecule has 0 aliphatic heterocycles. The topological polar surface area (TPSA) is 42.1 Å². The van der Waals surface area contributed by atoms with Crippen LogP contribution in [0.2, 0.25) is 0 Å². The Balaban J connectivity index is 2.11. The number of aryl methyl sites for hydroxylation is 1. The first-order chi connectivity index (χ1) is 10.7. The summed E-state index contributed by atoms with van der Waals surface area (Å²) in [7, 11) is 1.38. The van der Waals surface area contributed by atoms with Gasteiger partial charge in [0.05, 0.1) is 7.11 Å². The number of hydrogen-bond donors (Lipinski definition) is 1. The minimum absolute atomic E-state index is 0.361. The van der Waals surface area contributed by atoms with Gasteiger partial charge in [-0.3, -0.25) is 0 Å². The number of rotatable bonds is 3. The molecule has 110 valence electrons. The molecule has 0 aliphatic carbocycles. The van der Waals surface area contributed by atoms with E-state index in [2.05, 4.69) is 36.2 Å². The minimum Gasteiger partial charge on any atom is -0.464 e. The third-order valence-corrected chi connectivity index (χ3v) is 3.76. The zero-order chi connectivity index (χ0) is 15.5. The van der Waals surface area contributed by atoms with E-state index in [1.807, 2.05) is 36.5 Å². The molecule has 0 saturated carbocycles. The lowest BCUT2D eigenvalue weighted by atomic mass is 9.93. The van der Waals surface area contributed by atoms with Crippen molar-refractivity contribution in [2.45, 2.75) is 6.92 Å².